The van der Waals surface area contributed by atoms with Crippen molar-refractivity contribution in [2.75, 3.05) is 13.7 Å². The first kappa shape index (κ1) is 20.5. The Kier molecular flexibility index (Phi) is 5.55. The molecule has 0 radical (unpaired) electrons. The van der Waals surface area contributed by atoms with Gasteiger partial charge in [0.15, 0.2) is 6.10 Å². The number of aliphatic hydroxyl groups is 1. The Hall–Kier alpha value is -3.36. The number of aromatic nitrogens is 1. The molecule has 2 heterocycles. The largest absolute Gasteiger partial charge is 0.497 e. The summed E-state index contributed by atoms with van der Waals surface area (Å²) in [7, 11) is 1.60. The van der Waals surface area contributed by atoms with Crippen LogP contribution in [0.15, 0.2) is 60.7 Å². The van der Waals surface area contributed by atoms with Crippen LogP contribution in [-0.2, 0) is 6.61 Å². The van der Waals surface area contributed by atoms with E-state index < -0.39 is 12.2 Å². The number of methoxy groups -OCH3 is 1. The third-order valence-electron chi connectivity index (χ3n) is 5.16. The number of aliphatic hydroxyl groups excluding tert-OH is 1. The van der Waals surface area contributed by atoms with Crippen molar-refractivity contribution < 1.29 is 28.4 Å². The molecule has 0 fully saturated rings. The lowest BCUT2D eigenvalue weighted by Crippen LogP contribution is -2.35. The summed E-state index contributed by atoms with van der Waals surface area (Å²) in [5.74, 6) is 2.19. The van der Waals surface area contributed by atoms with E-state index in [-0.39, 0.29) is 19.0 Å². The van der Waals surface area contributed by atoms with Crippen LogP contribution in [0, 0.1) is 5.82 Å². The molecule has 5 rings (SSSR count). The molecule has 1 N–H and O–H groups in total. The molecule has 32 heavy (non-hydrogen) atoms. The van der Waals surface area contributed by atoms with Crippen molar-refractivity contribution in [1.29, 1.82) is 0 Å². The van der Waals surface area contributed by atoms with Crippen LogP contribution in [0.4, 0.5) is 4.39 Å². The molecule has 1 aromatic heterocycles. The van der Waals surface area contributed by atoms with Gasteiger partial charge in [-0.15, -0.1) is 11.3 Å². The van der Waals surface area contributed by atoms with Crippen molar-refractivity contribution in [2.24, 2.45) is 0 Å². The number of benzene rings is 3. The van der Waals surface area contributed by atoms with E-state index in [0.717, 1.165) is 15.5 Å². The fourth-order valence-corrected chi connectivity index (χ4v) is 4.39. The third kappa shape index (κ3) is 4.19. The molecule has 4 aromatic rings. The first-order valence-electron chi connectivity index (χ1n) is 10.0. The summed E-state index contributed by atoms with van der Waals surface area (Å²) >= 11 is 1.45. The second kappa shape index (κ2) is 8.64. The van der Waals surface area contributed by atoms with Gasteiger partial charge in [-0.1, -0.05) is 0 Å². The molecule has 164 valence electrons. The molecule has 0 saturated heterocycles. The van der Waals surface area contributed by atoms with E-state index in [0.29, 0.717) is 28.3 Å². The molecule has 0 unspecified atom stereocenters. The molecule has 8 heteroatoms. The molecule has 3 aromatic carbocycles. The van der Waals surface area contributed by atoms with E-state index >= 15 is 0 Å². The van der Waals surface area contributed by atoms with Gasteiger partial charge in [0.05, 0.1) is 17.3 Å². The van der Waals surface area contributed by atoms with Crippen LogP contribution in [-0.4, -0.2) is 29.9 Å². The van der Waals surface area contributed by atoms with E-state index in [1.165, 1.54) is 23.5 Å². The first-order valence-corrected chi connectivity index (χ1v) is 10.8. The van der Waals surface area contributed by atoms with Gasteiger partial charge in [0.2, 0.25) is 0 Å². The summed E-state index contributed by atoms with van der Waals surface area (Å²) < 4.78 is 37.0. The summed E-state index contributed by atoms with van der Waals surface area (Å²) in [6.45, 7) is 0.463. The highest BCUT2D eigenvalue weighted by Crippen LogP contribution is 2.37. The molecule has 0 amide bonds. The highest BCUT2D eigenvalue weighted by molar-refractivity contribution is 7.18. The fraction of sp³-hybridized carbons (Fsp3) is 0.208. The minimum atomic E-state index is -0.880. The molecule has 1 aliphatic rings. The Balaban J connectivity index is 1.28. The van der Waals surface area contributed by atoms with Crippen LogP contribution in [0.3, 0.4) is 0 Å². The van der Waals surface area contributed by atoms with Crippen LogP contribution >= 0.6 is 11.3 Å². The van der Waals surface area contributed by atoms with Crippen molar-refractivity contribution >= 4 is 21.6 Å². The van der Waals surface area contributed by atoms with E-state index in [9.17, 15) is 9.50 Å². The molecule has 0 saturated carbocycles. The lowest BCUT2D eigenvalue weighted by Gasteiger charge is -2.31. The standard InChI is InChI=1S/C24H20FNO5S/c1-28-15-3-5-16(6-4-15)31-21-12-30-20-8-7-17(11-18(20)24(21)27)29-13-23-26-19-10-14(25)2-9-22(19)32-23/h2-11,21,24,27H,12-13H2,1H3/t21-,24+/m0/s1. The molecular formula is C24H20FNO5S. The number of hydrogen-bond donors (Lipinski definition) is 1. The van der Waals surface area contributed by atoms with Crippen molar-refractivity contribution in [1.82, 2.24) is 4.98 Å². The number of rotatable bonds is 6. The second-order valence-electron chi connectivity index (χ2n) is 7.30. The number of fused-ring (bicyclic) bond motifs is 2. The van der Waals surface area contributed by atoms with Crippen LogP contribution in [0.2, 0.25) is 0 Å². The Morgan fingerprint density at radius 2 is 1.84 bits per heavy atom. The number of ether oxygens (including phenoxy) is 4. The molecule has 0 aliphatic carbocycles. The summed E-state index contributed by atoms with van der Waals surface area (Å²) in [6, 6.07) is 17.0. The Bertz CT molecular complexity index is 1240. The van der Waals surface area contributed by atoms with Gasteiger partial charge in [0.1, 0.15) is 53.1 Å². The molecule has 2 atom stereocenters. The van der Waals surface area contributed by atoms with E-state index in [1.54, 1.807) is 55.6 Å². The highest BCUT2D eigenvalue weighted by atomic mass is 32.1. The molecule has 6 nitrogen and oxygen atoms in total. The fourth-order valence-electron chi connectivity index (χ4n) is 3.52. The quantitative estimate of drug-likeness (QED) is 0.448. The number of halogens is 1. The zero-order valence-corrected chi connectivity index (χ0v) is 18.0. The lowest BCUT2D eigenvalue weighted by molar-refractivity contribution is -0.0104. The summed E-state index contributed by atoms with van der Waals surface area (Å²) in [6.07, 6.45) is -1.44. The van der Waals surface area contributed by atoms with E-state index in [2.05, 4.69) is 4.98 Å². The summed E-state index contributed by atoms with van der Waals surface area (Å²) in [4.78, 5) is 4.41. The van der Waals surface area contributed by atoms with Gasteiger partial charge in [0.25, 0.3) is 0 Å². The van der Waals surface area contributed by atoms with Gasteiger partial charge >= 0.3 is 0 Å². The van der Waals surface area contributed by atoms with Gasteiger partial charge in [-0.05, 0) is 54.6 Å². The first-order chi connectivity index (χ1) is 15.6. The van der Waals surface area contributed by atoms with Gasteiger partial charge in [-0.25, -0.2) is 9.37 Å². The van der Waals surface area contributed by atoms with Crippen LogP contribution in [0.5, 0.6) is 23.0 Å². The Morgan fingerprint density at radius 3 is 2.66 bits per heavy atom. The van der Waals surface area contributed by atoms with Crippen LogP contribution in [0.1, 0.15) is 16.7 Å². The Morgan fingerprint density at radius 1 is 1.06 bits per heavy atom. The zero-order chi connectivity index (χ0) is 22.1. The average Bonchev–Trinajstić information content (AvgIpc) is 3.22. The van der Waals surface area contributed by atoms with Gasteiger partial charge in [0, 0.05) is 11.6 Å². The number of hydrogen-bond acceptors (Lipinski definition) is 7. The van der Waals surface area contributed by atoms with Crippen molar-refractivity contribution in [2.45, 2.75) is 18.8 Å². The van der Waals surface area contributed by atoms with Gasteiger partial charge in [-0.2, -0.15) is 0 Å². The predicted molar refractivity (Wildman–Crippen MR) is 118 cm³/mol. The van der Waals surface area contributed by atoms with Gasteiger partial charge in [-0.3, -0.25) is 0 Å². The van der Waals surface area contributed by atoms with Crippen molar-refractivity contribution in [3.63, 3.8) is 0 Å². The molecular weight excluding hydrogens is 433 g/mol. The molecule has 0 bridgehead atoms. The maximum absolute atomic E-state index is 13.4. The maximum atomic E-state index is 13.4. The van der Waals surface area contributed by atoms with Crippen LogP contribution in [0.25, 0.3) is 10.2 Å². The normalized spacial score (nSPS) is 17.5. The molecule has 1 aliphatic heterocycles. The smallest absolute Gasteiger partial charge is 0.163 e. The van der Waals surface area contributed by atoms with Crippen molar-refractivity contribution in [3.05, 3.63) is 77.1 Å². The lowest BCUT2D eigenvalue weighted by atomic mass is 10.0. The van der Waals surface area contributed by atoms with E-state index in [4.69, 9.17) is 18.9 Å². The molecule has 0 spiro atoms. The minimum Gasteiger partial charge on any atom is -0.497 e. The summed E-state index contributed by atoms with van der Waals surface area (Å²) in [5, 5.41) is 11.6. The predicted octanol–water partition coefficient (Wildman–Crippen LogP) is 4.90. The average molecular weight is 453 g/mol. The maximum Gasteiger partial charge on any atom is 0.163 e. The second-order valence-corrected chi connectivity index (χ2v) is 8.41. The SMILES string of the molecule is COc1ccc(O[C@H]2COc3ccc(OCc4nc5cc(F)ccc5s4)cc3[C@H]2O)cc1. The van der Waals surface area contributed by atoms with Crippen molar-refractivity contribution in [3.8, 4) is 23.0 Å². The summed E-state index contributed by atoms with van der Waals surface area (Å²) in [5.41, 5.74) is 1.21. The third-order valence-corrected chi connectivity index (χ3v) is 6.17. The number of thiazole rings is 1. The van der Waals surface area contributed by atoms with Gasteiger partial charge < -0.3 is 24.1 Å². The highest BCUT2D eigenvalue weighted by Gasteiger charge is 2.31. The Labute approximate surface area is 187 Å². The topological polar surface area (TPSA) is 70.0 Å². The minimum absolute atomic E-state index is 0.225. The van der Waals surface area contributed by atoms with E-state index in [1.807, 2.05) is 0 Å². The monoisotopic (exact) mass is 453 g/mol. The zero-order valence-electron chi connectivity index (χ0n) is 17.2. The number of nitrogens with zero attached hydrogens (tertiary/aromatic N) is 1. The van der Waals surface area contributed by atoms with Crippen LogP contribution < -0.4 is 18.9 Å².